The van der Waals surface area contributed by atoms with Gasteiger partial charge >= 0.3 is 6.18 Å². The van der Waals surface area contributed by atoms with Crippen molar-refractivity contribution < 1.29 is 13.2 Å². The van der Waals surface area contributed by atoms with Crippen LogP contribution in [0.4, 0.5) is 19.0 Å². The first-order chi connectivity index (χ1) is 9.43. The summed E-state index contributed by atoms with van der Waals surface area (Å²) in [5, 5.41) is 0. The lowest BCUT2D eigenvalue weighted by molar-refractivity contribution is -0.141. The monoisotopic (exact) mass is 287 g/mol. The van der Waals surface area contributed by atoms with Crippen molar-refractivity contribution in [1.29, 1.82) is 0 Å². The Morgan fingerprint density at radius 2 is 2.05 bits per heavy atom. The van der Waals surface area contributed by atoms with Crippen molar-refractivity contribution in [3.63, 3.8) is 0 Å². The lowest BCUT2D eigenvalue weighted by Gasteiger charge is -2.30. The second-order valence-electron chi connectivity index (χ2n) is 5.27. The number of rotatable bonds is 2. The van der Waals surface area contributed by atoms with Crippen LogP contribution in [0.1, 0.15) is 43.9 Å². The molecule has 0 radical (unpaired) electrons. The van der Waals surface area contributed by atoms with Crippen molar-refractivity contribution in [2.24, 2.45) is 5.73 Å². The molecule has 1 fully saturated rings. The number of halogens is 3. The van der Waals surface area contributed by atoms with Gasteiger partial charge in [0.25, 0.3) is 0 Å². The van der Waals surface area contributed by atoms with Crippen LogP contribution < -0.4 is 10.6 Å². The summed E-state index contributed by atoms with van der Waals surface area (Å²) in [6.45, 7) is 2.97. The predicted molar refractivity (Wildman–Crippen MR) is 72.4 cm³/mol. The molecule has 1 aromatic rings. The number of pyridine rings is 1. The molecule has 0 aliphatic carbocycles. The van der Waals surface area contributed by atoms with Crippen LogP contribution in [0.2, 0.25) is 0 Å². The summed E-state index contributed by atoms with van der Waals surface area (Å²) >= 11 is 0. The molecule has 0 spiro atoms. The first-order valence-electron chi connectivity index (χ1n) is 6.97. The molecule has 112 valence electrons. The molecule has 3 nitrogen and oxygen atoms in total. The molecule has 6 heteroatoms. The van der Waals surface area contributed by atoms with Crippen molar-refractivity contribution in [2.75, 3.05) is 11.4 Å². The lowest BCUT2D eigenvalue weighted by Crippen LogP contribution is -2.34. The lowest BCUT2D eigenvalue weighted by atomic mass is 10.1. The number of hydrogen-bond acceptors (Lipinski definition) is 3. The van der Waals surface area contributed by atoms with Gasteiger partial charge in [-0.15, -0.1) is 0 Å². The highest BCUT2D eigenvalue weighted by atomic mass is 19.4. The molecule has 1 aliphatic rings. The fraction of sp³-hybridized carbons (Fsp3) is 0.643. The topological polar surface area (TPSA) is 42.2 Å². The Labute approximate surface area is 117 Å². The molecule has 0 bridgehead atoms. The molecule has 0 saturated carbocycles. The summed E-state index contributed by atoms with van der Waals surface area (Å²) in [4.78, 5) is 5.83. The van der Waals surface area contributed by atoms with Crippen LogP contribution in [0.15, 0.2) is 12.1 Å². The summed E-state index contributed by atoms with van der Waals surface area (Å²) in [5.74, 6) is 0.400. The summed E-state index contributed by atoms with van der Waals surface area (Å²) in [6, 6.07) is 2.65. The van der Waals surface area contributed by atoms with Gasteiger partial charge in [0.15, 0.2) is 0 Å². The Hall–Kier alpha value is -1.30. The van der Waals surface area contributed by atoms with Gasteiger partial charge in [-0.1, -0.05) is 18.9 Å². The SMILES string of the molecule is CC1CCCCCN1c1nc(C(F)(F)F)ccc1CN. The van der Waals surface area contributed by atoms with Gasteiger partial charge in [0.05, 0.1) is 0 Å². The smallest absolute Gasteiger partial charge is 0.354 e. The number of nitrogens with two attached hydrogens (primary N) is 1. The van der Waals surface area contributed by atoms with E-state index >= 15 is 0 Å². The molecule has 1 aliphatic heterocycles. The Morgan fingerprint density at radius 3 is 2.70 bits per heavy atom. The predicted octanol–water partition coefficient (Wildman–Crippen LogP) is 3.33. The molecule has 1 saturated heterocycles. The highest BCUT2D eigenvalue weighted by Crippen LogP contribution is 2.32. The maximum atomic E-state index is 12.8. The largest absolute Gasteiger partial charge is 0.433 e. The maximum absolute atomic E-state index is 12.8. The van der Waals surface area contributed by atoms with Crippen LogP contribution in [0.25, 0.3) is 0 Å². The first-order valence-corrected chi connectivity index (χ1v) is 6.97. The Balaban J connectivity index is 2.41. The molecular formula is C14H20F3N3. The van der Waals surface area contributed by atoms with Gasteiger partial charge in [-0.25, -0.2) is 4.98 Å². The van der Waals surface area contributed by atoms with Crippen LogP contribution in [0, 0.1) is 0 Å². The molecular weight excluding hydrogens is 267 g/mol. The molecule has 2 N–H and O–H groups in total. The Morgan fingerprint density at radius 1 is 1.30 bits per heavy atom. The van der Waals surface area contributed by atoms with E-state index in [1.54, 1.807) is 0 Å². The van der Waals surface area contributed by atoms with Gasteiger partial charge in [0.2, 0.25) is 0 Å². The Bertz CT molecular complexity index is 459. The van der Waals surface area contributed by atoms with Gasteiger partial charge in [-0.05, 0) is 25.8 Å². The van der Waals surface area contributed by atoms with Crippen molar-refractivity contribution in [2.45, 2.75) is 51.4 Å². The molecule has 2 rings (SSSR count). The zero-order valence-electron chi connectivity index (χ0n) is 11.6. The van der Waals surface area contributed by atoms with Gasteiger partial charge < -0.3 is 10.6 Å². The van der Waals surface area contributed by atoms with E-state index in [0.29, 0.717) is 11.4 Å². The third kappa shape index (κ3) is 3.23. The van der Waals surface area contributed by atoms with E-state index in [4.69, 9.17) is 5.73 Å². The van der Waals surface area contributed by atoms with Crippen LogP contribution >= 0.6 is 0 Å². The summed E-state index contributed by atoms with van der Waals surface area (Å²) in [5.41, 5.74) is 5.48. The van der Waals surface area contributed by atoms with E-state index in [9.17, 15) is 13.2 Å². The average molecular weight is 287 g/mol. The minimum Gasteiger partial charge on any atom is -0.354 e. The molecule has 0 aromatic carbocycles. The molecule has 1 unspecified atom stereocenters. The minimum absolute atomic E-state index is 0.193. The highest BCUT2D eigenvalue weighted by molar-refractivity contribution is 5.49. The number of alkyl halides is 3. The van der Waals surface area contributed by atoms with Gasteiger partial charge in [-0.2, -0.15) is 13.2 Å². The fourth-order valence-electron chi connectivity index (χ4n) is 2.63. The third-order valence-electron chi connectivity index (χ3n) is 3.79. The average Bonchev–Trinajstić information content (AvgIpc) is 2.61. The van der Waals surface area contributed by atoms with Crippen molar-refractivity contribution in [1.82, 2.24) is 4.98 Å². The summed E-state index contributed by atoms with van der Waals surface area (Å²) < 4.78 is 38.5. The van der Waals surface area contributed by atoms with Crippen LogP contribution in [-0.4, -0.2) is 17.6 Å². The zero-order chi connectivity index (χ0) is 14.8. The molecule has 2 heterocycles. The fourth-order valence-corrected chi connectivity index (χ4v) is 2.63. The second-order valence-corrected chi connectivity index (χ2v) is 5.27. The first kappa shape index (κ1) is 15.1. The summed E-state index contributed by atoms with van der Waals surface area (Å²) in [7, 11) is 0. The zero-order valence-corrected chi connectivity index (χ0v) is 11.6. The number of anilines is 1. The van der Waals surface area contributed by atoms with Gasteiger partial charge in [0, 0.05) is 24.7 Å². The van der Waals surface area contributed by atoms with E-state index in [-0.39, 0.29) is 12.6 Å². The molecule has 0 amide bonds. The third-order valence-corrected chi connectivity index (χ3v) is 3.79. The summed E-state index contributed by atoms with van der Waals surface area (Å²) in [6.07, 6.45) is -0.252. The van der Waals surface area contributed by atoms with Crippen LogP contribution in [-0.2, 0) is 12.7 Å². The van der Waals surface area contributed by atoms with Crippen molar-refractivity contribution in [3.8, 4) is 0 Å². The minimum atomic E-state index is -4.42. The highest BCUT2D eigenvalue weighted by Gasteiger charge is 2.34. The quantitative estimate of drug-likeness (QED) is 0.907. The van der Waals surface area contributed by atoms with E-state index in [0.717, 1.165) is 38.3 Å². The van der Waals surface area contributed by atoms with E-state index in [2.05, 4.69) is 4.98 Å². The van der Waals surface area contributed by atoms with Crippen molar-refractivity contribution >= 4 is 5.82 Å². The van der Waals surface area contributed by atoms with Crippen molar-refractivity contribution in [3.05, 3.63) is 23.4 Å². The normalized spacial score (nSPS) is 20.9. The standard InChI is InChI=1S/C14H20F3N3/c1-10-5-3-2-4-8-20(10)13-11(9-18)6-7-12(19-13)14(15,16)17/h6-7,10H,2-5,8-9,18H2,1H3. The van der Waals surface area contributed by atoms with E-state index < -0.39 is 11.9 Å². The molecule has 20 heavy (non-hydrogen) atoms. The number of hydrogen-bond donors (Lipinski definition) is 1. The number of nitrogens with zero attached hydrogens (tertiary/aromatic N) is 2. The van der Waals surface area contributed by atoms with Crippen LogP contribution in [0.3, 0.4) is 0 Å². The number of aromatic nitrogens is 1. The van der Waals surface area contributed by atoms with Crippen LogP contribution in [0.5, 0.6) is 0 Å². The molecule has 1 aromatic heterocycles. The van der Waals surface area contributed by atoms with E-state index in [1.165, 1.54) is 6.07 Å². The Kier molecular flexibility index (Phi) is 4.52. The van der Waals surface area contributed by atoms with Gasteiger partial charge in [0.1, 0.15) is 11.5 Å². The second kappa shape index (κ2) is 5.99. The van der Waals surface area contributed by atoms with E-state index in [1.807, 2.05) is 11.8 Å². The molecule has 1 atom stereocenters. The maximum Gasteiger partial charge on any atom is 0.433 e. The van der Waals surface area contributed by atoms with Gasteiger partial charge in [-0.3, -0.25) is 0 Å².